The van der Waals surface area contributed by atoms with E-state index in [2.05, 4.69) is 15.2 Å². The summed E-state index contributed by atoms with van der Waals surface area (Å²) in [4.78, 5) is 19.1. The number of hydrogen-bond acceptors (Lipinski definition) is 4. The van der Waals surface area contributed by atoms with Crippen LogP contribution < -0.4 is 5.32 Å². The number of aromatic nitrogens is 1. The van der Waals surface area contributed by atoms with Crippen molar-refractivity contribution in [2.75, 3.05) is 18.4 Å². The highest BCUT2D eigenvalue weighted by Crippen LogP contribution is 2.25. The van der Waals surface area contributed by atoms with Gasteiger partial charge < -0.3 is 5.32 Å². The minimum absolute atomic E-state index is 0.0378. The normalized spacial score (nSPS) is 17.1. The molecule has 0 spiro atoms. The van der Waals surface area contributed by atoms with Gasteiger partial charge in [0.1, 0.15) is 0 Å². The van der Waals surface area contributed by atoms with E-state index in [0.29, 0.717) is 5.13 Å². The Balaban J connectivity index is 1.63. The van der Waals surface area contributed by atoms with Crippen molar-refractivity contribution in [3.05, 3.63) is 35.7 Å². The second kappa shape index (κ2) is 7.03. The quantitative estimate of drug-likeness (QED) is 0.937. The van der Waals surface area contributed by atoms with Crippen LogP contribution in [0.2, 0.25) is 0 Å². The summed E-state index contributed by atoms with van der Waals surface area (Å²) in [5, 5.41) is 5.61. The van der Waals surface area contributed by atoms with Gasteiger partial charge in [-0.1, -0.05) is 36.8 Å². The van der Waals surface area contributed by atoms with Crippen molar-refractivity contribution in [2.24, 2.45) is 0 Å². The maximum absolute atomic E-state index is 12.4. The van der Waals surface area contributed by atoms with E-state index in [1.165, 1.54) is 30.6 Å². The van der Waals surface area contributed by atoms with Crippen molar-refractivity contribution in [1.29, 1.82) is 0 Å². The number of carbonyl (C=O) groups excluding carboxylic acids is 1. The smallest absolute Gasteiger partial charge is 0.243 e. The van der Waals surface area contributed by atoms with Crippen LogP contribution >= 0.6 is 11.3 Å². The molecule has 3 rings (SSSR count). The van der Waals surface area contributed by atoms with E-state index in [4.69, 9.17) is 0 Å². The number of thiazole rings is 1. The number of nitrogens with one attached hydrogen (secondary N) is 1. The predicted octanol–water partition coefficient (Wildman–Crippen LogP) is 3.62. The molecule has 22 heavy (non-hydrogen) atoms. The first kappa shape index (κ1) is 15.2. The minimum Gasteiger partial charge on any atom is -0.301 e. The number of rotatable bonds is 4. The van der Waals surface area contributed by atoms with Gasteiger partial charge in [-0.2, -0.15) is 0 Å². The first-order chi connectivity index (χ1) is 10.7. The molecule has 1 saturated heterocycles. The summed E-state index contributed by atoms with van der Waals surface area (Å²) in [7, 11) is 0. The third kappa shape index (κ3) is 3.54. The zero-order chi connectivity index (χ0) is 15.4. The molecule has 116 valence electrons. The number of amides is 1. The van der Waals surface area contributed by atoms with E-state index in [0.717, 1.165) is 24.3 Å². The Hall–Kier alpha value is -1.72. The predicted molar refractivity (Wildman–Crippen MR) is 91.1 cm³/mol. The highest BCUT2D eigenvalue weighted by molar-refractivity contribution is 7.14. The van der Waals surface area contributed by atoms with Gasteiger partial charge in [0.2, 0.25) is 5.91 Å². The van der Waals surface area contributed by atoms with E-state index in [9.17, 15) is 4.79 Å². The van der Waals surface area contributed by atoms with Crippen molar-refractivity contribution >= 4 is 22.4 Å². The van der Waals surface area contributed by atoms with Crippen molar-refractivity contribution in [3.8, 4) is 11.3 Å². The van der Waals surface area contributed by atoms with Gasteiger partial charge in [-0.3, -0.25) is 9.69 Å². The second-order valence-electron chi connectivity index (χ2n) is 5.67. The Morgan fingerprint density at radius 1 is 1.23 bits per heavy atom. The maximum Gasteiger partial charge on any atom is 0.243 e. The van der Waals surface area contributed by atoms with Crippen molar-refractivity contribution in [1.82, 2.24) is 9.88 Å². The van der Waals surface area contributed by atoms with Gasteiger partial charge in [0.05, 0.1) is 11.7 Å². The van der Waals surface area contributed by atoms with Gasteiger partial charge in [-0.05, 0) is 32.9 Å². The molecule has 0 bridgehead atoms. The summed E-state index contributed by atoms with van der Waals surface area (Å²) in [5.41, 5.74) is 1.98. The third-order valence-corrected chi connectivity index (χ3v) is 4.88. The Morgan fingerprint density at radius 3 is 2.68 bits per heavy atom. The summed E-state index contributed by atoms with van der Waals surface area (Å²) in [6, 6.07) is 9.92. The second-order valence-corrected chi connectivity index (χ2v) is 6.52. The van der Waals surface area contributed by atoms with Crippen LogP contribution in [0.4, 0.5) is 5.13 Å². The zero-order valence-corrected chi connectivity index (χ0v) is 13.6. The van der Waals surface area contributed by atoms with Crippen LogP contribution in [0.5, 0.6) is 0 Å². The Labute approximate surface area is 135 Å². The van der Waals surface area contributed by atoms with Gasteiger partial charge in [0.15, 0.2) is 5.13 Å². The van der Waals surface area contributed by atoms with Crippen LogP contribution in [-0.2, 0) is 4.79 Å². The number of likely N-dealkylation sites (tertiary alicyclic amines) is 1. The molecule has 1 aromatic carbocycles. The number of carbonyl (C=O) groups is 1. The topological polar surface area (TPSA) is 45.2 Å². The molecule has 1 N–H and O–H groups in total. The summed E-state index contributed by atoms with van der Waals surface area (Å²) < 4.78 is 0. The summed E-state index contributed by atoms with van der Waals surface area (Å²) in [6.07, 6.45) is 3.65. The molecule has 1 atom stereocenters. The first-order valence-corrected chi connectivity index (χ1v) is 8.68. The summed E-state index contributed by atoms with van der Waals surface area (Å²) in [6.45, 7) is 4.01. The Bertz CT molecular complexity index is 620. The summed E-state index contributed by atoms with van der Waals surface area (Å²) in [5.74, 6) is 0.0378. The minimum atomic E-state index is -0.0932. The van der Waals surface area contributed by atoms with E-state index in [-0.39, 0.29) is 11.9 Å². The van der Waals surface area contributed by atoms with Crippen LogP contribution in [0.1, 0.15) is 26.2 Å². The number of anilines is 1. The number of benzene rings is 1. The lowest BCUT2D eigenvalue weighted by molar-refractivity contribution is -0.121. The lowest BCUT2D eigenvalue weighted by Gasteiger charge is -2.31. The van der Waals surface area contributed by atoms with Crippen molar-refractivity contribution < 1.29 is 4.79 Å². The van der Waals surface area contributed by atoms with E-state index in [1.54, 1.807) is 0 Å². The fourth-order valence-corrected chi connectivity index (χ4v) is 3.48. The fraction of sp³-hybridized carbons (Fsp3) is 0.412. The lowest BCUT2D eigenvalue weighted by Crippen LogP contribution is -2.44. The molecule has 0 unspecified atom stereocenters. The van der Waals surface area contributed by atoms with Gasteiger partial charge in [-0.25, -0.2) is 4.98 Å². The summed E-state index contributed by atoms with van der Waals surface area (Å²) >= 11 is 1.48. The number of nitrogens with zero attached hydrogens (tertiary/aromatic N) is 2. The molecule has 0 aliphatic carbocycles. The largest absolute Gasteiger partial charge is 0.301 e. The van der Waals surface area contributed by atoms with Gasteiger partial charge >= 0.3 is 0 Å². The average Bonchev–Trinajstić information content (AvgIpc) is 3.04. The van der Waals surface area contributed by atoms with Crippen LogP contribution in [-0.4, -0.2) is 34.9 Å². The van der Waals surface area contributed by atoms with Gasteiger partial charge in [0.25, 0.3) is 0 Å². The van der Waals surface area contributed by atoms with E-state index in [1.807, 2.05) is 42.6 Å². The Kier molecular flexibility index (Phi) is 4.85. The highest BCUT2D eigenvalue weighted by Gasteiger charge is 2.23. The SMILES string of the molecule is C[C@@H](C(=O)Nc1nc(-c2ccccc2)cs1)N1CCCCC1. The van der Waals surface area contributed by atoms with Crippen LogP contribution in [0.3, 0.4) is 0 Å². The molecule has 5 heteroatoms. The van der Waals surface area contributed by atoms with E-state index >= 15 is 0 Å². The van der Waals surface area contributed by atoms with Gasteiger partial charge in [0, 0.05) is 10.9 Å². The zero-order valence-electron chi connectivity index (χ0n) is 12.8. The molecule has 1 aliphatic heterocycles. The number of piperidine rings is 1. The molecule has 1 amide bonds. The molecule has 0 saturated carbocycles. The molecule has 1 aliphatic rings. The Morgan fingerprint density at radius 2 is 1.95 bits per heavy atom. The first-order valence-electron chi connectivity index (χ1n) is 7.80. The fourth-order valence-electron chi connectivity index (χ4n) is 2.75. The molecule has 2 heterocycles. The van der Waals surface area contributed by atoms with E-state index < -0.39 is 0 Å². The molecule has 4 nitrogen and oxygen atoms in total. The third-order valence-electron chi connectivity index (χ3n) is 4.12. The molecular formula is C17H21N3OS. The lowest BCUT2D eigenvalue weighted by atomic mass is 10.1. The molecule has 0 radical (unpaired) electrons. The maximum atomic E-state index is 12.4. The molecule has 2 aromatic rings. The molecular weight excluding hydrogens is 294 g/mol. The molecule has 1 fully saturated rings. The molecule has 1 aromatic heterocycles. The monoisotopic (exact) mass is 315 g/mol. The van der Waals surface area contributed by atoms with Crippen LogP contribution in [0.25, 0.3) is 11.3 Å². The van der Waals surface area contributed by atoms with Crippen LogP contribution in [0.15, 0.2) is 35.7 Å². The highest BCUT2D eigenvalue weighted by atomic mass is 32.1. The van der Waals surface area contributed by atoms with Crippen molar-refractivity contribution in [3.63, 3.8) is 0 Å². The van der Waals surface area contributed by atoms with Crippen LogP contribution in [0, 0.1) is 0 Å². The number of hydrogen-bond donors (Lipinski definition) is 1. The van der Waals surface area contributed by atoms with Crippen molar-refractivity contribution in [2.45, 2.75) is 32.2 Å². The average molecular weight is 315 g/mol. The standard InChI is InChI=1S/C17H21N3OS/c1-13(20-10-6-3-7-11-20)16(21)19-17-18-15(12-22-17)14-8-4-2-5-9-14/h2,4-5,8-9,12-13H,3,6-7,10-11H2,1H3,(H,18,19,21)/t13-/m0/s1. The van der Waals surface area contributed by atoms with Gasteiger partial charge in [-0.15, -0.1) is 11.3 Å².